The number of aryl methyl sites for hydroxylation is 1. The summed E-state index contributed by atoms with van der Waals surface area (Å²) in [5.74, 6) is 0. The van der Waals surface area contributed by atoms with Crippen molar-refractivity contribution in [3.05, 3.63) is 58.6 Å². The van der Waals surface area contributed by atoms with Gasteiger partial charge in [0.25, 0.3) is 0 Å². The van der Waals surface area contributed by atoms with Crippen molar-refractivity contribution in [3.63, 3.8) is 0 Å². The van der Waals surface area contributed by atoms with Crippen molar-refractivity contribution in [2.75, 3.05) is 0 Å². The highest BCUT2D eigenvalue weighted by molar-refractivity contribution is 6.30. The minimum absolute atomic E-state index is 0.792. The van der Waals surface area contributed by atoms with Crippen molar-refractivity contribution >= 4 is 23.3 Å². The van der Waals surface area contributed by atoms with Gasteiger partial charge in [-0.2, -0.15) is 0 Å². The molecule has 0 N–H and O–H groups in total. The van der Waals surface area contributed by atoms with E-state index in [2.05, 4.69) is 22.1 Å². The van der Waals surface area contributed by atoms with Gasteiger partial charge in [0, 0.05) is 23.0 Å². The summed E-state index contributed by atoms with van der Waals surface area (Å²) in [6.45, 7) is 0. The van der Waals surface area contributed by atoms with Crippen LogP contribution >= 0.6 is 11.6 Å². The molecule has 3 heteroatoms. The van der Waals surface area contributed by atoms with Gasteiger partial charge in [-0.3, -0.25) is 0 Å². The Balaban J connectivity index is 2.04. The third kappa shape index (κ3) is 2.08. The lowest BCUT2D eigenvalue weighted by molar-refractivity contribution is 1.08. The molecule has 0 unspecified atom stereocenters. The number of hydrogen-bond acceptors (Lipinski definition) is 2. The first-order valence-electron chi connectivity index (χ1n) is 5.57. The molecule has 0 radical (unpaired) electrons. The molecule has 1 aromatic heterocycles. The van der Waals surface area contributed by atoms with Crippen LogP contribution in [0.5, 0.6) is 0 Å². The Kier molecular flexibility index (Phi) is 2.65. The van der Waals surface area contributed by atoms with Crippen molar-refractivity contribution in [1.29, 1.82) is 0 Å². The van der Waals surface area contributed by atoms with E-state index >= 15 is 0 Å². The van der Waals surface area contributed by atoms with Crippen LogP contribution in [-0.4, -0.2) is 9.97 Å². The number of halogens is 1. The standard InChI is InChI=1S/C14H11ClN2/c15-13-4-3-11-1-2-12(14(11)6-13)5-10-7-16-9-17-8-10/h3-9H,1-2H2/b12-5+. The first-order chi connectivity index (χ1) is 8.33. The van der Waals surface area contributed by atoms with Crippen LogP contribution in [0.25, 0.3) is 11.6 Å². The Morgan fingerprint density at radius 2 is 1.94 bits per heavy atom. The SMILES string of the molecule is Clc1ccc2c(c1)/C(=C/c1cncnc1)CC2. The second-order valence-electron chi connectivity index (χ2n) is 4.14. The fourth-order valence-electron chi connectivity index (χ4n) is 2.21. The number of rotatable bonds is 1. The van der Waals surface area contributed by atoms with Crippen LogP contribution in [0.2, 0.25) is 5.02 Å². The predicted octanol–water partition coefficient (Wildman–Crippen LogP) is 3.62. The molecule has 1 aliphatic carbocycles. The Hall–Kier alpha value is -1.67. The molecule has 0 saturated carbocycles. The third-order valence-electron chi connectivity index (χ3n) is 3.00. The molecule has 0 fully saturated rings. The molecule has 1 aromatic carbocycles. The topological polar surface area (TPSA) is 25.8 Å². The zero-order chi connectivity index (χ0) is 11.7. The summed E-state index contributed by atoms with van der Waals surface area (Å²) in [6.07, 6.45) is 9.48. The van der Waals surface area contributed by atoms with E-state index in [0.29, 0.717) is 0 Å². The molecule has 17 heavy (non-hydrogen) atoms. The molecule has 2 nitrogen and oxygen atoms in total. The average molecular weight is 243 g/mol. The maximum absolute atomic E-state index is 6.04. The highest BCUT2D eigenvalue weighted by atomic mass is 35.5. The first-order valence-corrected chi connectivity index (χ1v) is 5.95. The van der Waals surface area contributed by atoms with Gasteiger partial charge in [0.05, 0.1) is 0 Å². The van der Waals surface area contributed by atoms with Crippen LogP contribution in [-0.2, 0) is 6.42 Å². The molecule has 0 bridgehead atoms. The zero-order valence-electron chi connectivity index (χ0n) is 9.23. The normalized spacial score (nSPS) is 16.2. The molecule has 2 aromatic rings. The van der Waals surface area contributed by atoms with Crippen molar-refractivity contribution in [3.8, 4) is 0 Å². The Bertz CT molecular complexity index is 576. The summed E-state index contributed by atoms with van der Waals surface area (Å²) in [7, 11) is 0. The van der Waals surface area contributed by atoms with Crippen LogP contribution in [0, 0.1) is 0 Å². The van der Waals surface area contributed by atoms with Crippen molar-refractivity contribution < 1.29 is 0 Å². The minimum Gasteiger partial charge on any atom is -0.244 e. The average Bonchev–Trinajstić information content (AvgIpc) is 2.73. The summed E-state index contributed by atoms with van der Waals surface area (Å²) in [5, 5.41) is 0.792. The molecule has 0 amide bonds. The number of nitrogens with zero attached hydrogens (tertiary/aromatic N) is 2. The Labute approximate surface area is 105 Å². The van der Waals surface area contributed by atoms with E-state index in [1.165, 1.54) is 16.7 Å². The molecular weight excluding hydrogens is 232 g/mol. The van der Waals surface area contributed by atoms with E-state index in [1.54, 1.807) is 6.33 Å². The van der Waals surface area contributed by atoms with E-state index in [9.17, 15) is 0 Å². The molecule has 0 spiro atoms. The molecule has 84 valence electrons. The highest BCUT2D eigenvalue weighted by Crippen LogP contribution is 2.35. The van der Waals surface area contributed by atoms with Crippen LogP contribution in [0.3, 0.4) is 0 Å². The van der Waals surface area contributed by atoms with Gasteiger partial charge < -0.3 is 0 Å². The van der Waals surface area contributed by atoms with Crippen LogP contribution in [0.1, 0.15) is 23.1 Å². The summed E-state index contributed by atoms with van der Waals surface area (Å²) in [6, 6.07) is 6.11. The predicted molar refractivity (Wildman–Crippen MR) is 69.7 cm³/mol. The minimum atomic E-state index is 0.792. The lowest BCUT2D eigenvalue weighted by Gasteiger charge is -2.01. The fourth-order valence-corrected chi connectivity index (χ4v) is 2.38. The second kappa shape index (κ2) is 4.30. The summed E-state index contributed by atoms with van der Waals surface area (Å²) in [4.78, 5) is 8.04. The molecule has 0 atom stereocenters. The Morgan fingerprint density at radius 1 is 1.12 bits per heavy atom. The molecular formula is C14H11ClN2. The fraction of sp³-hybridized carbons (Fsp3) is 0.143. The van der Waals surface area contributed by atoms with E-state index < -0.39 is 0 Å². The van der Waals surface area contributed by atoms with Gasteiger partial charge in [0.1, 0.15) is 6.33 Å². The van der Waals surface area contributed by atoms with Crippen LogP contribution < -0.4 is 0 Å². The third-order valence-corrected chi connectivity index (χ3v) is 3.24. The first kappa shape index (κ1) is 10.5. The molecule has 1 heterocycles. The monoisotopic (exact) mass is 242 g/mol. The van der Waals surface area contributed by atoms with Crippen LogP contribution in [0.4, 0.5) is 0 Å². The van der Waals surface area contributed by atoms with E-state index in [0.717, 1.165) is 23.4 Å². The van der Waals surface area contributed by atoms with Crippen molar-refractivity contribution in [2.45, 2.75) is 12.8 Å². The van der Waals surface area contributed by atoms with E-state index in [-0.39, 0.29) is 0 Å². The van der Waals surface area contributed by atoms with Gasteiger partial charge in [-0.15, -0.1) is 0 Å². The highest BCUT2D eigenvalue weighted by Gasteiger charge is 2.16. The number of benzene rings is 1. The summed E-state index contributed by atoms with van der Waals surface area (Å²) < 4.78 is 0. The van der Waals surface area contributed by atoms with Gasteiger partial charge in [-0.05, 0) is 47.8 Å². The van der Waals surface area contributed by atoms with E-state index in [1.807, 2.05) is 24.5 Å². The number of allylic oxidation sites excluding steroid dienone is 1. The quantitative estimate of drug-likeness (QED) is 0.763. The zero-order valence-corrected chi connectivity index (χ0v) is 9.98. The second-order valence-corrected chi connectivity index (χ2v) is 4.58. The van der Waals surface area contributed by atoms with Crippen LogP contribution in [0.15, 0.2) is 36.9 Å². The Morgan fingerprint density at radius 3 is 2.76 bits per heavy atom. The number of aromatic nitrogens is 2. The summed E-state index contributed by atoms with van der Waals surface area (Å²) in [5.41, 5.74) is 4.99. The maximum Gasteiger partial charge on any atom is 0.115 e. The van der Waals surface area contributed by atoms with Crippen molar-refractivity contribution in [2.24, 2.45) is 0 Å². The molecule has 0 aliphatic heterocycles. The number of hydrogen-bond donors (Lipinski definition) is 0. The van der Waals surface area contributed by atoms with Crippen molar-refractivity contribution in [1.82, 2.24) is 9.97 Å². The molecule has 1 aliphatic rings. The van der Waals surface area contributed by atoms with Gasteiger partial charge in [0.2, 0.25) is 0 Å². The molecule has 3 rings (SSSR count). The van der Waals surface area contributed by atoms with E-state index in [4.69, 9.17) is 11.6 Å². The van der Waals surface area contributed by atoms with Gasteiger partial charge in [-0.1, -0.05) is 17.7 Å². The maximum atomic E-state index is 6.04. The number of fused-ring (bicyclic) bond motifs is 1. The summed E-state index contributed by atoms with van der Waals surface area (Å²) >= 11 is 6.04. The largest absolute Gasteiger partial charge is 0.244 e. The smallest absolute Gasteiger partial charge is 0.115 e. The van der Waals surface area contributed by atoms with Gasteiger partial charge in [0.15, 0.2) is 0 Å². The van der Waals surface area contributed by atoms with Gasteiger partial charge >= 0.3 is 0 Å². The lowest BCUT2D eigenvalue weighted by Crippen LogP contribution is -1.82. The lowest BCUT2D eigenvalue weighted by atomic mass is 10.1. The van der Waals surface area contributed by atoms with Gasteiger partial charge in [-0.25, -0.2) is 9.97 Å². The molecule has 0 saturated heterocycles.